The Balaban J connectivity index is 4.81. The second kappa shape index (κ2) is 10.7. The molecular formula is C12H26O6. The van der Waals surface area contributed by atoms with Crippen LogP contribution in [0.4, 0.5) is 0 Å². The molecule has 0 spiro atoms. The quantitative estimate of drug-likeness (QED) is 0.537. The molecule has 0 amide bonds. The van der Waals surface area contributed by atoms with Gasteiger partial charge in [-0.1, -0.05) is 0 Å². The molecule has 0 N–H and O–H groups in total. The zero-order chi connectivity index (χ0) is 14.0. The van der Waals surface area contributed by atoms with Crippen molar-refractivity contribution >= 4 is 0 Å². The van der Waals surface area contributed by atoms with E-state index in [0.717, 1.165) is 0 Å². The Bertz CT molecular complexity index is 169. The van der Waals surface area contributed by atoms with Crippen molar-refractivity contribution in [1.82, 2.24) is 0 Å². The second-order valence-electron chi connectivity index (χ2n) is 3.86. The highest BCUT2D eigenvalue weighted by molar-refractivity contribution is 4.85. The highest BCUT2D eigenvalue weighted by atomic mass is 16.6. The maximum Gasteiger partial charge on any atom is 0.114 e. The summed E-state index contributed by atoms with van der Waals surface area (Å²) in [6.45, 7) is 0.830. The zero-order valence-electron chi connectivity index (χ0n) is 12.2. The summed E-state index contributed by atoms with van der Waals surface area (Å²) in [6, 6.07) is 0. The Morgan fingerprint density at radius 1 is 0.556 bits per heavy atom. The summed E-state index contributed by atoms with van der Waals surface area (Å²) < 4.78 is 31.9. The Labute approximate surface area is 109 Å². The third-order valence-corrected chi connectivity index (χ3v) is 2.87. The van der Waals surface area contributed by atoms with Crippen molar-refractivity contribution in [3.05, 3.63) is 0 Å². The van der Waals surface area contributed by atoms with Crippen molar-refractivity contribution in [2.45, 2.75) is 24.4 Å². The molecule has 0 aromatic rings. The zero-order valence-corrected chi connectivity index (χ0v) is 12.2. The van der Waals surface area contributed by atoms with Gasteiger partial charge in [0, 0.05) is 42.7 Å². The Hall–Kier alpha value is -0.240. The summed E-state index contributed by atoms with van der Waals surface area (Å²) in [5.41, 5.74) is 0. The minimum absolute atomic E-state index is 0.237. The minimum Gasteiger partial charge on any atom is -0.382 e. The van der Waals surface area contributed by atoms with Crippen LogP contribution in [0.1, 0.15) is 0 Å². The lowest BCUT2D eigenvalue weighted by molar-refractivity contribution is -0.166. The molecule has 0 aliphatic carbocycles. The Kier molecular flexibility index (Phi) is 10.5. The van der Waals surface area contributed by atoms with Gasteiger partial charge in [-0.05, 0) is 0 Å². The molecule has 0 aliphatic heterocycles. The van der Waals surface area contributed by atoms with Crippen LogP contribution in [0.5, 0.6) is 0 Å². The first kappa shape index (κ1) is 17.8. The van der Waals surface area contributed by atoms with E-state index in [0.29, 0.717) is 13.2 Å². The molecular weight excluding hydrogens is 240 g/mol. The molecule has 0 aliphatic rings. The van der Waals surface area contributed by atoms with Crippen LogP contribution in [0.15, 0.2) is 0 Å². The first-order chi connectivity index (χ1) is 8.69. The van der Waals surface area contributed by atoms with Gasteiger partial charge in [-0.2, -0.15) is 0 Å². The summed E-state index contributed by atoms with van der Waals surface area (Å²) in [6.07, 6.45) is -1.08. The smallest absolute Gasteiger partial charge is 0.114 e. The monoisotopic (exact) mass is 266 g/mol. The van der Waals surface area contributed by atoms with Gasteiger partial charge in [0.15, 0.2) is 0 Å². The molecule has 0 bridgehead atoms. The highest BCUT2D eigenvalue weighted by Crippen LogP contribution is 2.16. The van der Waals surface area contributed by atoms with Gasteiger partial charge in [-0.25, -0.2) is 0 Å². The van der Waals surface area contributed by atoms with Crippen LogP contribution in [0.2, 0.25) is 0 Å². The molecule has 6 nitrogen and oxygen atoms in total. The molecule has 0 fully saturated rings. The fourth-order valence-corrected chi connectivity index (χ4v) is 1.92. The van der Waals surface area contributed by atoms with Gasteiger partial charge in [-0.15, -0.1) is 0 Å². The Morgan fingerprint density at radius 2 is 0.889 bits per heavy atom. The van der Waals surface area contributed by atoms with E-state index in [-0.39, 0.29) is 24.4 Å². The van der Waals surface area contributed by atoms with E-state index in [1.807, 2.05) is 0 Å². The van der Waals surface area contributed by atoms with Crippen LogP contribution < -0.4 is 0 Å². The van der Waals surface area contributed by atoms with E-state index in [4.69, 9.17) is 28.4 Å². The predicted molar refractivity (Wildman–Crippen MR) is 66.9 cm³/mol. The second-order valence-corrected chi connectivity index (χ2v) is 3.86. The van der Waals surface area contributed by atoms with Crippen molar-refractivity contribution in [3.8, 4) is 0 Å². The van der Waals surface area contributed by atoms with Crippen molar-refractivity contribution in [2.75, 3.05) is 55.9 Å². The molecule has 110 valence electrons. The van der Waals surface area contributed by atoms with Crippen molar-refractivity contribution in [2.24, 2.45) is 0 Å². The molecule has 0 saturated heterocycles. The lowest BCUT2D eigenvalue weighted by atomic mass is 10.0. The van der Waals surface area contributed by atoms with Crippen LogP contribution in [0, 0.1) is 0 Å². The van der Waals surface area contributed by atoms with Crippen LogP contribution in [0.25, 0.3) is 0 Å². The van der Waals surface area contributed by atoms with Gasteiger partial charge in [0.05, 0.1) is 13.2 Å². The van der Waals surface area contributed by atoms with Gasteiger partial charge in [0.25, 0.3) is 0 Å². The maximum atomic E-state index is 5.47. The van der Waals surface area contributed by atoms with Crippen molar-refractivity contribution in [3.63, 3.8) is 0 Å². The van der Waals surface area contributed by atoms with E-state index >= 15 is 0 Å². The van der Waals surface area contributed by atoms with Gasteiger partial charge in [-0.3, -0.25) is 0 Å². The molecule has 0 radical (unpaired) electrons. The van der Waals surface area contributed by atoms with E-state index in [1.54, 1.807) is 42.7 Å². The van der Waals surface area contributed by atoms with Crippen LogP contribution in [0.3, 0.4) is 0 Å². The normalized spacial score (nSPS) is 18.3. The summed E-state index contributed by atoms with van der Waals surface area (Å²) in [5, 5.41) is 0. The van der Waals surface area contributed by atoms with Gasteiger partial charge < -0.3 is 28.4 Å². The third-order valence-electron chi connectivity index (χ3n) is 2.87. The van der Waals surface area contributed by atoms with Crippen LogP contribution in [-0.4, -0.2) is 80.3 Å². The van der Waals surface area contributed by atoms with Crippen LogP contribution >= 0.6 is 0 Å². The lowest BCUT2D eigenvalue weighted by Crippen LogP contribution is -2.50. The molecule has 0 aromatic heterocycles. The summed E-state index contributed by atoms with van der Waals surface area (Å²) in [4.78, 5) is 0. The number of methoxy groups -OCH3 is 6. The number of hydrogen-bond acceptors (Lipinski definition) is 6. The van der Waals surface area contributed by atoms with E-state index in [2.05, 4.69) is 0 Å². The standard InChI is InChI=1S/C12H26O6/c1-13-7-9(15-3)11(17-5)12(18-6)10(16-4)8-14-2/h9-12H,7-8H2,1-6H3/t9-,10+,11+,12-. The summed E-state index contributed by atoms with van der Waals surface area (Å²) in [7, 11) is 9.67. The Morgan fingerprint density at radius 3 is 1.06 bits per heavy atom. The maximum absolute atomic E-state index is 5.47. The number of ether oxygens (including phenoxy) is 6. The van der Waals surface area contributed by atoms with E-state index < -0.39 is 0 Å². The average Bonchev–Trinajstić information content (AvgIpc) is 2.40. The topological polar surface area (TPSA) is 55.4 Å². The third kappa shape index (κ3) is 5.17. The summed E-state index contributed by atoms with van der Waals surface area (Å²) in [5.74, 6) is 0. The van der Waals surface area contributed by atoms with Gasteiger partial charge in [0.2, 0.25) is 0 Å². The predicted octanol–water partition coefficient (Wildman–Crippen LogP) is 0.339. The highest BCUT2D eigenvalue weighted by Gasteiger charge is 2.36. The molecule has 0 unspecified atom stereocenters. The molecule has 18 heavy (non-hydrogen) atoms. The molecule has 0 heterocycles. The lowest BCUT2D eigenvalue weighted by Gasteiger charge is -2.34. The van der Waals surface area contributed by atoms with Crippen molar-refractivity contribution in [1.29, 1.82) is 0 Å². The molecule has 6 heteroatoms. The fourth-order valence-electron chi connectivity index (χ4n) is 1.92. The minimum atomic E-state index is -0.306. The fraction of sp³-hybridized carbons (Fsp3) is 1.00. The first-order valence-electron chi connectivity index (χ1n) is 5.79. The molecule has 0 saturated carbocycles. The van der Waals surface area contributed by atoms with E-state index in [1.165, 1.54) is 0 Å². The average molecular weight is 266 g/mol. The largest absolute Gasteiger partial charge is 0.382 e. The molecule has 0 aromatic carbocycles. The first-order valence-corrected chi connectivity index (χ1v) is 5.79. The number of hydrogen-bond donors (Lipinski definition) is 0. The van der Waals surface area contributed by atoms with E-state index in [9.17, 15) is 0 Å². The molecule has 0 rings (SSSR count). The van der Waals surface area contributed by atoms with Crippen LogP contribution in [-0.2, 0) is 28.4 Å². The van der Waals surface area contributed by atoms with Gasteiger partial charge >= 0.3 is 0 Å². The SMILES string of the molecule is COC[C@H](OC)[C@@H](OC)[C@@H](OC)[C@@H](COC)OC. The summed E-state index contributed by atoms with van der Waals surface area (Å²) >= 11 is 0. The van der Waals surface area contributed by atoms with Crippen molar-refractivity contribution < 1.29 is 28.4 Å². The number of rotatable bonds is 11. The van der Waals surface area contributed by atoms with Gasteiger partial charge in [0.1, 0.15) is 24.4 Å². The molecule has 4 atom stereocenters.